The first-order chi connectivity index (χ1) is 20.2. The Labute approximate surface area is 246 Å². The molecule has 1 aliphatic heterocycles. The Morgan fingerprint density at radius 1 is 1.12 bits per heavy atom. The van der Waals surface area contributed by atoms with E-state index in [9.17, 15) is 40.4 Å². The Kier molecular flexibility index (Phi) is 8.31. The fraction of sp³-hybridized carbons (Fsp3) is 0.571. The van der Waals surface area contributed by atoms with Crippen LogP contribution in [0.3, 0.4) is 0 Å². The fourth-order valence-corrected chi connectivity index (χ4v) is 7.45. The van der Waals surface area contributed by atoms with Gasteiger partial charge in [0.25, 0.3) is 5.91 Å². The highest BCUT2D eigenvalue weighted by Gasteiger charge is 2.48. The molecular formula is C28H33F4N5O5S. The molecule has 2 heterocycles. The van der Waals surface area contributed by atoms with Crippen molar-refractivity contribution >= 4 is 33.3 Å². The van der Waals surface area contributed by atoms with Gasteiger partial charge in [-0.3, -0.25) is 14.4 Å². The van der Waals surface area contributed by atoms with Gasteiger partial charge in [-0.1, -0.05) is 6.92 Å². The lowest BCUT2D eigenvalue weighted by Gasteiger charge is -2.32. The van der Waals surface area contributed by atoms with Gasteiger partial charge in [0.2, 0.25) is 11.7 Å². The maximum Gasteiger partial charge on any atom is 0.417 e. The molecule has 2 aromatic rings. The molecule has 2 aliphatic carbocycles. The number of aromatic nitrogens is 2. The summed E-state index contributed by atoms with van der Waals surface area (Å²) in [5, 5.41) is 8.22. The summed E-state index contributed by atoms with van der Waals surface area (Å²) < 4.78 is 84.4. The lowest BCUT2D eigenvalue weighted by molar-refractivity contribution is -0.140. The molecular weight excluding hydrogens is 594 g/mol. The monoisotopic (exact) mass is 627 g/mol. The average molecular weight is 628 g/mol. The third-order valence-electron chi connectivity index (χ3n) is 8.29. The van der Waals surface area contributed by atoms with Crippen molar-refractivity contribution in [3.05, 3.63) is 41.3 Å². The molecule has 2 amide bonds. The quantitative estimate of drug-likeness (QED) is 0.235. The van der Waals surface area contributed by atoms with Crippen LogP contribution in [0.1, 0.15) is 69.2 Å². The molecule has 3 atom stereocenters. The van der Waals surface area contributed by atoms with Gasteiger partial charge in [0.1, 0.15) is 17.7 Å². The van der Waals surface area contributed by atoms with Gasteiger partial charge < -0.3 is 15.5 Å². The van der Waals surface area contributed by atoms with Crippen LogP contribution >= 0.6 is 0 Å². The van der Waals surface area contributed by atoms with Crippen molar-refractivity contribution in [1.29, 1.82) is 0 Å². The molecule has 0 radical (unpaired) electrons. The molecule has 234 valence electrons. The number of nitrogens with one attached hydrogen (secondary N) is 2. The highest BCUT2D eigenvalue weighted by Crippen LogP contribution is 2.41. The number of hydrogen-bond donors (Lipinski definition) is 2. The SMILES string of the molecule is CCC(NC(=O)[C@@H]1C[C@@H](S(=O)(=O)c2ccc(F)cc2C(F)(F)F)CN1c1cc(C)nn1C1CCC1)C(=O)C(=O)NC1CC1. The summed E-state index contributed by atoms with van der Waals surface area (Å²) in [6, 6.07) is 0.600. The molecule has 15 heteroatoms. The second-order valence-corrected chi connectivity index (χ2v) is 13.7. The Bertz CT molecular complexity index is 1530. The molecule has 3 fully saturated rings. The number of Topliss-reactive ketones (excluding diaryl/α,β-unsaturated/α-hetero) is 1. The maximum absolute atomic E-state index is 13.8. The van der Waals surface area contributed by atoms with Crippen molar-refractivity contribution in [1.82, 2.24) is 20.4 Å². The molecule has 2 N–H and O–H groups in total. The van der Waals surface area contributed by atoms with E-state index in [1.165, 1.54) is 4.90 Å². The van der Waals surface area contributed by atoms with Crippen LogP contribution < -0.4 is 15.5 Å². The molecule has 1 aromatic heterocycles. The summed E-state index contributed by atoms with van der Waals surface area (Å²) in [5.74, 6) is -3.22. The topological polar surface area (TPSA) is 130 Å². The molecule has 2 saturated carbocycles. The van der Waals surface area contributed by atoms with Crippen LogP contribution in [0.25, 0.3) is 0 Å². The minimum Gasteiger partial charge on any atom is -0.347 e. The van der Waals surface area contributed by atoms with Crippen LogP contribution in [0.2, 0.25) is 0 Å². The first-order valence-electron chi connectivity index (χ1n) is 14.3. The Balaban J connectivity index is 1.48. The Morgan fingerprint density at radius 3 is 2.40 bits per heavy atom. The molecule has 3 aliphatic rings. The smallest absolute Gasteiger partial charge is 0.347 e. The van der Waals surface area contributed by atoms with Crippen LogP contribution in [-0.4, -0.2) is 65.7 Å². The second-order valence-electron chi connectivity index (χ2n) is 11.5. The predicted molar refractivity (Wildman–Crippen MR) is 146 cm³/mol. The summed E-state index contributed by atoms with van der Waals surface area (Å²) >= 11 is 0. The first-order valence-corrected chi connectivity index (χ1v) is 15.8. The molecule has 1 unspecified atom stereocenters. The Hall–Kier alpha value is -3.49. The number of ketones is 1. The van der Waals surface area contributed by atoms with Crippen LogP contribution in [0, 0.1) is 12.7 Å². The average Bonchev–Trinajstić information content (AvgIpc) is 3.46. The summed E-state index contributed by atoms with van der Waals surface area (Å²) in [6.07, 6.45) is -1.37. The minimum atomic E-state index is -5.14. The number of aryl methyl sites for hydroxylation is 1. The van der Waals surface area contributed by atoms with Crippen molar-refractivity contribution in [2.75, 3.05) is 11.4 Å². The highest BCUT2D eigenvalue weighted by molar-refractivity contribution is 7.92. The zero-order valence-electron chi connectivity index (χ0n) is 23.7. The van der Waals surface area contributed by atoms with E-state index < -0.39 is 73.6 Å². The van der Waals surface area contributed by atoms with Crippen molar-refractivity contribution in [2.45, 2.75) is 99.3 Å². The van der Waals surface area contributed by atoms with Crippen molar-refractivity contribution < 1.29 is 40.4 Å². The highest BCUT2D eigenvalue weighted by atomic mass is 32.2. The normalized spacial score (nSPS) is 21.8. The standard InChI is InChI=1S/C28H33F4N5O5S/c1-3-21(25(38)27(40)33-17-8-9-17)34-26(39)22-13-19(14-36(22)24-11-15(2)35-37(24)18-5-4-6-18)43(41,42)23-10-7-16(29)12-20(23)28(30,31)32/h7,10-12,17-19,21-22H,3-6,8-9,13-14H2,1-2H3,(H,33,40)(H,34,39)/t19-,21?,22+/m1/s1. The van der Waals surface area contributed by atoms with E-state index in [0.29, 0.717) is 23.6 Å². The van der Waals surface area contributed by atoms with Gasteiger partial charge in [0.05, 0.1) is 33.5 Å². The second kappa shape index (κ2) is 11.5. The van der Waals surface area contributed by atoms with E-state index in [4.69, 9.17) is 0 Å². The molecule has 43 heavy (non-hydrogen) atoms. The van der Waals surface area contributed by atoms with E-state index >= 15 is 0 Å². The summed E-state index contributed by atoms with van der Waals surface area (Å²) in [5.41, 5.74) is -1.02. The molecule has 0 spiro atoms. The number of sulfone groups is 1. The van der Waals surface area contributed by atoms with E-state index in [2.05, 4.69) is 15.7 Å². The minimum absolute atomic E-state index is 0.00749. The van der Waals surface area contributed by atoms with Gasteiger partial charge in [0.15, 0.2) is 9.84 Å². The largest absolute Gasteiger partial charge is 0.417 e. The number of nitrogens with zero attached hydrogens (tertiary/aromatic N) is 3. The number of carbonyl (C=O) groups excluding carboxylic acids is 3. The van der Waals surface area contributed by atoms with Crippen LogP contribution in [0.4, 0.5) is 23.4 Å². The van der Waals surface area contributed by atoms with Gasteiger partial charge in [-0.25, -0.2) is 17.5 Å². The number of carbonyl (C=O) groups is 3. The van der Waals surface area contributed by atoms with Gasteiger partial charge in [0, 0.05) is 18.7 Å². The number of amides is 2. The van der Waals surface area contributed by atoms with Crippen LogP contribution in [0.15, 0.2) is 29.2 Å². The van der Waals surface area contributed by atoms with Gasteiger partial charge >= 0.3 is 6.18 Å². The van der Waals surface area contributed by atoms with Crippen molar-refractivity contribution in [2.24, 2.45) is 0 Å². The molecule has 1 saturated heterocycles. The van der Waals surface area contributed by atoms with Gasteiger partial charge in [-0.05, 0) is 70.1 Å². The third-order valence-corrected chi connectivity index (χ3v) is 10.5. The van der Waals surface area contributed by atoms with Crippen LogP contribution in [0.5, 0.6) is 0 Å². The molecule has 0 bridgehead atoms. The lowest BCUT2D eigenvalue weighted by atomic mass is 9.93. The molecule has 5 rings (SSSR count). The fourth-order valence-electron chi connectivity index (χ4n) is 5.56. The van der Waals surface area contributed by atoms with Gasteiger partial charge in [-0.15, -0.1) is 0 Å². The third kappa shape index (κ3) is 6.27. The summed E-state index contributed by atoms with van der Waals surface area (Å²) in [7, 11) is -4.73. The summed E-state index contributed by atoms with van der Waals surface area (Å²) in [4.78, 5) is 39.3. The zero-order chi connectivity index (χ0) is 31.3. The lowest BCUT2D eigenvalue weighted by Crippen LogP contribution is -2.52. The number of hydrogen-bond acceptors (Lipinski definition) is 7. The number of halogens is 4. The number of alkyl halides is 3. The van der Waals surface area contributed by atoms with E-state index in [0.717, 1.165) is 32.1 Å². The maximum atomic E-state index is 13.8. The van der Waals surface area contributed by atoms with Gasteiger partial charge in [-0.2, -0.15) is 18.3 Å². The molecule has 10 nitrogen and oxygen atoms in total. The van der Waals surface area contributed by atoms with Crippen molar-refractivity contribution in [3.63, 3.8) is 0 Å². The predicted octanol–water partition coefficient (Wildman–Crippen LogP) is 3.24. The Morgan fingerprint density at radius 2 is 1.81 bits per heavy atom. The first kappa shape index (κ1) is 31.0. The summed E-state index contributed by atoms with van der Waals surface area (Å²) in [6.45, 7) is 2.99. The number of anilines is 1. The van der Waals surface area contributed by atoms with E-state index in [1.807, 2.05) is 0 Å². The van der Waals surface area contributed by atoms with E-state index in [1.54, 1.807) is 24.6 Å². The van der Waals surface area contributed by atoms with Crippen LogP contribution in [-0.2, 0) is 30.4 Å². The van der Waals surface area contributed by atoms with E-state index in [-0.39, 0.29) is 31.1 Å². The number of rotatable bonds is 10. The molecule has 1 aromatic carbocycles. The number of benzene rings is 1. The van der Waals surface area contributed by atoms with Crippen molar-refractivity contribution in [3.8, 4) is 0 Å². The zero-order valence-corrected chi connectivity index (χ0v) is 24.5.